The van der Waals surface area contributed by atoms with Crippen molar-refractivity contribution in [2.75, 3.05) is 37.0 Å². The molecule has 0 spiro atoms. The predicted molar refractivity (Wildman–Crippen MR) is 285 cm³/mol. The van der Waals surface area contributed by atoms with Crippen LogP contribution in [-0.2, 0) is 49.4 Å². The minimum absolute atomic E-state index is 0.691. The van der Waals surface area contributed by atoms with Crippen LogP contribution in [0.3, 0.4) is 0 Å². The quantitative estimate of drug-likeness (QED) is 0.0322. The van der Waals surface area contributed by atoms with Crippen LogP contribution in [-0.4, -0.2) is 43.1 Å². The molecule has 0 heterocycles. The second-order valence-corrected chi connectivity index (χ2v) is 28.7. The molecule has 0 saturated carbocycles. The Kier molecular flexibility index (Phi) is 25.4. The zero-order valence-electron chi connectivity index (χ0n) is 46.6. The summed E-state index contributed by atoms with van der Waals surface area (Å²) in [5.74, 6) is 0. The Morgan fingerprint density at radius 2 is 0.381 bits per heavy atom. The molecule has 0 saturated heterocycles. The van der Waals surface area contributed by atoms with Crippen molar-refractivity contribution in [2.24, 2.45) is 0 Å². The van der Waals surface area contributed by atoms with Crippen LogP contribution in [0.1, 0.15) is 163 Å². The van der Waals surface area contributed by atoms with E-state index in [1.54, 1.807) is 0 Å². The van der Waals surface area contributed by atoms with Crippen LogP contribution < -0.4 is 26.0 Å². The predicted octanol–water partition coefficient (Wildman–Crippen LogP) is 20.5. The van der Waals surface area contributed by atoms with E-state index in [1.165, 1.54) is 114 Å². The topological polar surface area (TPSA) is 14.1 Å². The smallest absolute Gasteiger partial charge is 0.194 e. The summed E-state index contributed by atoms with van der Waals surface area (Å²) in [6.45, 7) is 14.3. The molecule has 1 nitrogen and oxygen atoms in total. The fourth-order valence-electron chi connectivity index (χ4n) is 10.1. The summed E-state index contributed by atoms with van der Waals surface area (Å²) in [6, 6.07) is -8.81. The lowest BCUT2D eigenvalue weighted by Crippen LogP contribution is -2.75. The van der Waals surface area contributed by atoms with Gasteiger partial charge in [-0.25, -0.2) is 0 Å². The van der Waals surface area contributed by atoms with Gasteiger partial charge in [-0.15, -0.1) is 0 Å². The van der Waals surface area contributed by atoms with Crippen molar-refractivity contribution < 1.29 is 105 Å². The molecule has 0 unspecified atom stereocenters. The molecule has 0 bridgehead atoms. The van der Waals surface area contributed by atoms with E-state index in [4.69, 9.17) is 4.17 Å². The number of hydrogen-bond acceptors (Lipinski definition) is 0. The van der Waals surface area contributed by atoms with Gasteiger partial charge >= 0.3 is 49.4 Å². The SMILES string of the molecule is CCCCP(CCCC)(CCCC)=[N+]=P(CCCC)(CCCC)CCCC.FC(F)(F)c1cc([B-](c2cc(C(F)(F)F)cc(C(F)(F)F)c2)(c2cc(C(F)(F)F)cc(C(F)(F)F)c2)c2cc(C(F)(F)F)cc(C(F)(F)F)c2)cc(C(F)(F)F)c1. The third-order valence-electron chi connectivity index (χ3n) is 14.4. The van der Waals surface area contributed by atoms with Gasteiger partial charge in [0.25, 0.3) is 0 Å². The number of unbranched alkanes of at least 4 members (excludes halogenated alkanes) is 6. The highest BCUT2D eigenvalue weighted by Crippen LogP contribution is 2.56. The van der Waals surface area contributed by atoms with Gasteiger partial charge in [0, 0.05) is 37.0 Å². The minimum Gasteiger partial charge on any atom is -0.194 e. The zero-order chi connectivity index (χ0) is 64.3. The number of nitrogens with zero attached hydrogens (tertiary/aromatic N) is 1. The number of benzene rings is 4. The standard InChI is InChI=1S/C32H12BF24.C24H54NP2/c34-25(35,36)13-1-14(26(37,38)39)6-21(5-13)33(22-7-15(27(40,41)42)2-16(8-22)28(43,44)45,23-9-17(29(46,47)48)3-18(10-23)30(49,50)51)24-11-19(31(52,53)54)4-20(12-24)32(55,56)57;1-7-13-19-26(20-14-8-2,21-15-9-3)25-27(22-16-10-4,23-17-11-5)24-18-12-6/h1-12H;7-24H2,1-6H3/q-1;+1. The third kappa shape index (κ3) is 19.9. The van der Waals surface area contributed by atoms with Crippen LogP contribution in [0.15, 0.2) is 72.8 Å². The van der Waals surface area contributed by atoms with Crippen LogP contribution in [0.2, 0.25) is 0 Å². The molecule has 28 heteroatoms. The molecule has 0 aliphatic heterocycles. The van der Waals surface area contributed by atoms with Gasteiger partial charge in [-0.3, -0.25) is 0 Å². The molecule has 0 aliphatic rings. The van der Waals surface area contributed by atoms with Gasteiger partial charge < -0.3 is 0 Å². The maximum absolute atomic E-state index is 14.2. The van der Waals surface area contributed by atoms with Crippen LogP contribution in [0.25, 0.3) is 0 Å². The molecule has 0 N–H and O–H groups in total. The van der Waals surface area contributed by atoms with Crippen molar-refractivity contribution in [1.29, 1.82) is 0 Å². The zero-order valence-corrected chi connectivity index (χ0v) is 48.4. The van der Waals surface area contributed by atoms with Crippen molar-refractivity contribution in [3.8, 4) is 0 Å². The van der Waals surface area contributed by atoms with Crippen molar-refractivity contribution in [3.05, 3.63) is 117 Å². The van der Waals surface area contributed by atoms with E-state index in [1.807, 2.05) is 0 Å². The summed E-state index contributed by atoms with van der Waals surface area (Å²) in [5, 5.41) is 0. The summed E-state index contributed by atoms with van der Waals surface area (Å²) in [7, 11) is -2.23. The number of halogens is 24. The Morgan fingerprint density at radius 1 is 0.250 bits per heavy atom. The molecule has 0 atom stereocenters. The summed E-state index contributed by atoms with van der Waals surface area (Å²) < 4.78 is 347. The van der Waals surface area contributed by atoms with Gasteiger partial charge in [-0.2, -0.15) is 131 Å². The Balaban J connectivity index is 0.000000576. The Morgan fingerprint density at radius 3 is 0.488 bits per heavy atom. The van der Waals surface area contributed by atoms with Gasteiger partial charge in [0.2, 0.25) is 14.1 Å². The first-order valence-electron chi connectivity index (χ1n) is 27.2. The first-order chi connectivity index (χ1) is 38.3. The lowest BCUT2D eigenvalue weighted by atomic mass is 9.12. The van der Waals surface area contributed by atoms with E-state index in [0.717, 1.165) is 0 Å². The minimum atomic E-state index is -6.13. The van der Waals surface area contributed by atoms with Gasteiger partial charge in [0.15, 0.2) is 0 Å². The van der Waals surface area contributed by atoms with Crippen LogP contribution in [0.5, 0.6) is 0 Å². The lowest BCUT2D eigenvalue weighted by molar-refractivity contribution is -0.144. The number of hydrogen-bond donors (Lipinski definition) is 0. The maximum Gasteiger partial charge on any atom is 0.416 e. The average molecular weight is 1280 g/mol. The van der Waals surface area contributed by atoms with Gasteiger partial charge in [-0.1, -0.05) is 129 Å². The fraction of sp³-hybridized carbons (Fsp3) is 0.571. The monoisotopic (exact) mass is 1280 g/mol. The molecule has 4 aromatic carbocycles. The molecule has 4 rings (SSSR count). The van der Waals surface area contributed by atoms with E-state index >= 15 is 0 Å². The van der Waals surface area contributed by atoms with E-state index < -0.39 is 209 Å². The lowest BCUT2D eigenvalue weighted by Gasteiger charge is -2.46. The van der Waals surface area contributed by atoms with Crippen molar-refractivity contribution in [2.45, 2.75) is 168 Å². The second kappa shape index (κ2) is 28.8. The average Bonchev–Trinajstić information content (AvgIpc) is 1.02. The van der Waals surface area contributed by atoms with Crippen molar-refractivity contribution in [1.82, 2.24) is 4.17 Å². The van der Waals surface area contributed by atoms with Crippen molar-refractivity contribution >= 4 is 42.1 Å². The van der Waals surface area contributed by atoms with Crippen molar-refractivity contribution in [3.63, 3.8) is 0 Å². The number of rotatable bonds is 22. The van der Waals surface area contributed by atoms with Gasteiger partial charge in [0.05, 0.1) is 44.5 Å². The second-order valence-electron chi connectivity index (χ2n) is 21.0. The molecule has 0 aromatic heterocycles. The molecule has 0 amide bonds. The van der Waals surface area contributed by atoms with Crippen LogP contribution in [0, 0.1) is 0 Å². The molecule has 0 fully saturated rings. The van der Waals surface area contributed by atoms with E-state index in [9.17, 15) is 105 Å². The third-order valence-corrected chi connectivity index (χ3v) is 24.3. The summed E-state index contributed by atoms with van der Waals surface area (Å²) >= 11 is 0. The first kappa shape index (κ1) is 74.1. The van der Waals surface area contributed by atoms with Crippen LogP contribution >= 0.6 is 14.1 Å². The first-order valence-corrected chi connectivity index (χ1v) is 31.8. The highest BCUT2D eigenvalue weighted by Gasteiger charge is 2.47. The van der Waals surface area contributed by atoms with Gasteiger partial charge in [0.1, 0.15) is 6.15 Å². The highest BCUT2D eigenvalue weighted by molar-refractivity contribution is 7.73. The summed E-state index contributed by atoms with van der Waals surface area (Å²) in [6.07, 6.45) is -29.4. The normalized spacial score (nSPS) is 13.7. The molecule has 4 aromatic rings. The van der Waals surface area contributed by atoms with E-state index in [2.05, 4.69) is 41.5 Å². The van der Waals surface area contributed by atoms with E-state index in [-0.39, 0.29) is 0 Å². The van der Waals surface area contributed by atoms with E-state index in [0.29, 0.717) is 0 Å². The molecular formula is C56H66BF24NP2. The van der Waals surface area contributed by atoms with Crippen LogP contribution in [0.4, 0.5) is 105 Å². The molecular weight excluding hydrogens is 1220 g/mol. The Bertz CT molecular complexity index is 2370. The van der Waals surface area contributed by atoms with Gasteiger partial charge in [-0.05, 0) is 62.8 Å². The molecule has 476 valence electrons. The largest absolute Gasteiger partial charge is 0.416 e. The number of alkyl halides is 24. The Hall–Kier alpha value is -4.17. The fourth-order valence-corrected chi connectivity index (χ4v) is 22.3. The highest BCUT2D eigenvalue weighted by atomic mass is 31.2. The summed E-state index contributed by atoms with van der Waals surface area (Å²) in [4.78, 5) is 0. The molecule has 84 heavy (non-hydrogen) atoms. The molecule has 0 radical (unpaired) electrons. The Labute approximate surface area is 472 Å². The summed E-state index contributed by atoms with van der Waals surface area (Å²) in [5.41, 5.74) is -30.2. The molecule has 0 aliphatic carbocycles. The maximum atomic E-state index is 14.2.